The molecule has 0 fully saturated rings. The number of aromatic nitrogens is 1. The minimum Gasteiger partial charge on any atom is -0.497 e. The Morgan fingerprint density at radius 1 is 0.929 bits per heavy atom. The fraction of sp³-hybridized carbons (Fsp3) is 0.160. The van der Waals surface area contributed by atoms with E-state index in [0.29, 0.717) is 12.0 Å². The standard InChI is InChI=1S/C25H23NO2/c1-26-17-23(21-10-6-7-11-24(21)26)22(18-8-4-3-5-9-18)16-25(27)19-12-14-20(28-2)15-13-19/h3-15,17,22H,16H2,1-2H3. The maximum absolute atomic E-state index is 13.1. The number of para-hydroxylation sites is 1. The predicted molar refractivity (Wildman–Crippen MR) is 113 cm³/mol. The van der Waals surface area contributed by atoms with Gasteiger partial charge in [0, 0.05) is 42.0 Å². The van der Waals surface area contributed by atoms with Gasteiger partial charge in [-0.3, -0.25) is 4.79 Å². The van der Waals surface area contributed by atoms with Crippen LogP contribution in [0.2, 0.25) is 0 Å². The van der Waals surface area contributed by atoms with E-state index < -0.39 is 0 Å². The summed E-state index contributed by atoms with van der Waals surface area (Å²) in [6.45, 7) is 0. The first-order valence-corrected chi connectivity index (χ1v) is 9.43. The average molecular weight is 369 g/mol. The second-order valence-electron chi connectivity index (χ2n) is 7.03. The topological polar surface area (TPSA) is 31.2 Å². The van der Waals surface area contributed by atoms with Crippen molar-refractivity contribution in [1.29, 1.82) is 0 Å². The first-order chi connectivity index (χ1) is 13.7. The molecule has 28 heavy (non-hydrogen) atoms. The number of methoxy groups -OCH3 is 1. The number of benzene rings is 3. The van der Waals surface area contributed by atoms with Gasteiger partial charge in [-0.05, 0) is 41.5 Å². The SMILES string of the molecule is COc1ccc(C(=O)CC(c2ccccc2)c2cn(C)c3ccccc23)cc1. The summed E-state index contributed by atoms with van der Waals surface area (Å²) in [5.41, 5.74) is 4.23. The Morgan fingerprint density at radius 3 is 2.32 bits per heavy atom. The van der Waals surface area contributed by atoms with Crippen LogP contribution in [0.5, 0.6) is 5.75 Å². The van der Waals surface area contributed by atoms with Crippen molar-refractivity contribution in [2.24, 2.45) is 7.05 Å². The molecule has 4 aromatic rings. The first-order valence-electron chi connectivity index (χ1n) is 9.43. The zero-order chi connectivity index (χ0) is 19.5. The molecule has 0 aliphatic heterocycles. The normalized spacial score (nSPS) is 12.1. The molecule has 1 atom stereocenters. The summed E-state index contributed by atoms with van der Waals surface area (Å²) < 4.78 is 7.34. The Labute approximate surface area is 165 Å². The van der Waals surface area contributed by atoms with Gasteiger partial charge in [-0.15, -0.1) is 0 Å². The molecule has 140 valence electrons. The van der Waals surface area contributed by atoms with Gasteiger partial charge in [-0.25, -0.2) is 0 Å². The van der Waals surface area contributed by atoms with Gasteiger partial charge in [0.15, 0.2) is 5.78 Å². The Bertz CT molecular complexity index is 1090. The van der Waals surface area contributed by atoms with Gasteiger partial charge in [0.2, 0.25) is 0 Å². The van der Waals surface area contributed by atoms with Crippen LogP contribution in [-0.2, 0) is 7.05 Å². The van der Waals surface area contributed by atoms with Crippen molar-refractivity contribution in [2.45, 2.75) is 12.3 Å². The summed E-state index contributed by atoms with van der Waals surface area (Å²) in [5, 5.41) is 1.20. The number of carbonyl (C=O) groups excluding carboxylic acids is 1. The number of Topliss-reactive ketones (excluding diaryl/α,β-unsaturated/α-hetero) is 1. The molecule has 0 bridgehead atoms. The van der Waals surface area contributed by atoms with Crippen molar-refractivity contribution in [3.63, 3.8) is 0 Å². The van der Waals surface area contributed by atoms with E-state index in [2.05, 4.69) is 48.1 Å². The fourth-order valence-corrected chi connectivity index (χ4v) is 3.82. The lowest BCUT2D eigenvalue weighted by molar-refractivity contribution is 0.0977. The van der Waals surface area contributed by atoms with Crippen LogP contribution in [0, 0.1) is 0 Å². The summed E-state index contributed by atoms with van der Waals surface area (Å²) in [4.78, 5) is 13.1. The summed E-state index contributed by atoms with van der Waals surface area (Å²) in [7, 11) is 3.68. The number of ether oxygens (including phenoxy) is 1. The van der Waals surface area contributed by atoms with Gasteiger partial charge in [0.05, 0.1) is 7.11 Å². The number of carbonyl (C=O) groups is 1. The number of nitrogens with zero attached hydrogens (tertiary/aromatic N) is 1. The summed E-state index contributed by atoms with van der Waals surface area (Å²) in [6.07, 6.45) is 2.58. The molecule has 1 aromatic heterocycles. The molecule has 0 radical (unpaired) electrons. The lowest BCUT2D eigenvalue weighted by atomic mass is 9.85. The van der Waals surface area contributed by atoms with E-state index >= 15 is 0 Å². The molecule has 0 saturated carbocycles. The van der Waals surface area contributed by atoms with Crippen LogP contribution in [0.3, 0.4) is 0 Å². The number of rotatable bonds is 6. The quantitative estimate of drug-likeness (QED) is 0.415. The third-order valence-electron chi connectivity index (χ3n) is 5.31. The van der Waals surface area contributed by atoms with E-state index in [4.69, 9.17) is 4.74 Å². The van der Waals surface area contributed by atoms with Crippen molar-refractivity contribution < 1.29 is 9.53 Å². The van der Waals surface area contributed by atoms with Gasteiger partial charge >= 0.3 is 0 Å². The highest BCUT2D eigenvalue weighted by atomic mass is 16.5. The minimum atomic E-state index is 0.00176. The smallest absolute Gasteiger partial charge is 0.163 e. The molecule has 4 rings (SSSR count). The lowest BCUT2D eigenvalue weighted by Gasteiger charge is -2.17. The molecule has 3 aromatic carbocycles. The Morgan fingerprint density at radius 2 is 1.61 bits per heavy atom. The van der Waals surface area contributed by atoms with E-state index in [9.17, 15) is 4.79 Å². The van der Waals surface area contributed by atoms with Crippen LogP contribution >= 0.6 is 0 Å². The summed E-state index contributed by atoms with van der Waals surface area (Å²) in [5.74, 6) is 0.886. The molecule has 0 spiro atoms. The molecule has 3 heteroatoms. The van der Waals surface area contributed by atoms with E-state index in [-0.39, 0.29) is 11.7 Å². The van der Waals surface area contributed by atoms with Crippen LogP contribution < -0.4 is 4.74 Å². The molecule has 0 N–H and O–H groups in total. The van der Waals surface area contributed by atoms with Crippen molar-refractivity contribution in [2.75, 3.05) is 7.11 Å². The Hall–Kier alpha value is -3.33. The largest absolute Gasteiger partial charge is 0.497 e. The number of fused-ring (bicyclic) bond motifs is 1. The monoisotopic (exact) mass is 369 g/mol. The summed E-state index contributed by atoms with van der Waals surface area (Å²) >= 11 is 0. The predicted octanol–water partition coefficient (Wildman–Crippen LogP) is 5.59. The number of hydrogen-bond donors (Lipinski definition) is 0. The molecule has 1 heterocycles. The van der Waals surface area contributed by atoms with E-state index in [1.807, 2.05) is 48.5 Å². The first kappa shape index (κ1) is 18.1. The van der Waals surface area contributed by atoms with Crippen molar-refractivity contribution in [1.82, 2.24) is 4.57 Å². The fourth-order valence-electron chi connectivity index (χ4n) is 3.82. The zero-order valence-electron chi connectivity index (χ0n) is 16.1. The summed E-state index contributed by atoms with van der Waals surface area (Å²) in [6, 6.07) is 26.0. The molecule has 0 amide bonds. The van der Waals surface area contributed by atoms with E-state index in [1.54, 1.807) is 7.11 Å². The zero-order valence-corrected chi connectivity index (χ0v) is 16.1. The molecule has 0 aliphatic rings. The van der Waals surface area contributed by atoms with Crippen molar-refractivity contribution >= 4 is 16.7 Å². The molecule has 0 saturated heterocycles. The maximum atomic E-state index is 13.1. The molecular formula is C25H23NO2. The van der Waals surface area contributed by atoms with Gasteiger partial charge in [-0.1, -0.05) is 48.5 Å². The maximum Gasteiger partial charge on any atom is 0.163 e. The average Bonchev–Trinajstić information content (AvgIpc) is 3.09. The molecular weight excluding hydrogens is 346 g/mol. The van der Waals surface area contributed by atoms with E-state index in [0.717, 1.165) is 11.3 Å². The third-order valence-corrected chi connectivity index (χ3v) is 5.31. The Balaban J connectivity index is 1.75. The van der Waals surface area contributed by atoms with Crippen molar-refractivity contribution in [3.05, 3.63) is 102 Å². The van der Waals surface area contributed by atoms with Crippen LogP contribution in [-0.4, -0.2) is 17.5 Å². The molecule has 1 unspecified atom stereocenters. The van der Waals surface area contributed by atoms with Crippen LogP contribution in [0.1, 0.15) is 33.8 Å². The minimum absolute atomic E-state index is 0.00176. The molecule has 0 aliphatic carbocycles. The van der Waals surface area contributed by atoms with Crippen molar-refractivity contribution in [3.8, 4) is 5.75 Å². The van der Waals surface area contributed by atoms with Crippen LogP contribution in [0.4, 0.5) is 0 Å². The van der Waals surface area contributed by atoms with Crippen LogP contribution in [0.15, 0.2) is 85.1 Å². The second-order valence-corrected chi connectivity index (χ2v) is 7.03. The third kappa shape index (κ3) is 3.44. The van der Waals surface area contributed by atoms with Gasteiger partial charge in [0.1, 0.15) is 5.75 Å². The van der Waals surface area contributed by atoms with Gasteiger partial charge < -0.3 is 9.30 Å². The van der Waals surface area contributed by atoms with Crippen LogP contribution in [0.25, 0.3) is 10.9 Å². The Kier molecular flexibility index (Phi) is 4.98. The highest BCUT2D eigenvalue weighted by molar-refractivity contribution is 5.97. The van der Waals surface area contributed by atoms with Gasteiger partial charge in [-0.2, -0.15) is 0 Å². The van der Waals surface area contributed by atoms with Gasteiger partial charge in [0.25, 0.3) is 0 Å². The number of aryl methyl sites for hydroxylation is 1. The number of hydrogen-bond acceptors (Lipinski definition) is 2. The number of ketones is 1. The highest BCUT2D eigenvalue weighted by Crippen LogP contribution is 2.35. The lowest BCUT2D eigenvalue weighted by Crippen LogP contribution is -2.09. The second kappa shape index (κ2) is 7.73. The van der Waals surface area contributed by atoms with E-state index in [1.165, 1.54) is 16.5 Å². The molecule has 3 nitrogen and oxygen atoms in total. The highest BCUT2D eigenvalue weighted by Gasteiger charge is 2.22.